The van der Waals surface area contributed by atoms with Crippen LogP contribution in [0.3, 0.4) is 0 Å². The quantitative estimate of drug-likeness (QED) is 0.634. The zero-order chi connectivity index (χ0) is 12.2. The van der Waals surface area contributed by atoms with E-state index < -0.39 is 0 Å². The summed E-state index contributed by atoms with van der Waals surface area (Å²) in [5.41, 5.74) is 0.838. The molecule has 3 nitrogen and oxygen atoms in total. The lowest BCUT2D eigenvalue weighted by atomic mass is 9.96. The fraction of sp³-hybridized carbons (Fsp3) is 0.0833. The van der Waals surface area contributed by atoms with Crippen molar-refractivity contribution in [3.8, 4) is 0 Å². The molecule has 84 valence electrons. The molecule has 0 fully saturated rings. The number of Topliss-reactive ketones (excluding diaryl/α,β-unsaturated/α-hetero) is 1. The summed E-state index contributed by atoms with van der Waals surface area (Å²) in [5, 5.41) is 1.74. The molecule has 0 saturated carbocycles. The van der Waals surface area contributed by atoms with Crippen LogP contribution in [-0.4, -0.2) is 17.3 Å². The van der Waals surface area contributed by atoms with Crippen LogP contribution in [0.4, 0.5) is 0 Å². The summed E-state index contributed by atoms with van der Waals surface area (Å²) in [6, 6.07) is 3.20. The SMILES string of the molecule is CC(=O)c1cc2c(s1)C(=O)c1ccsc1C2=O. The number of fused-ring (bicyclic) bond motifs is 2. The second-order valence-electron chi connectivity index (χ2n) is 3.73. The van der Waals surface area contributed by atoms with E-state index in [4.69, 9.17) is 0 Å². The van der Waals surface area contributed by atoms with Gasteiger partial charge in [-0.1, -0.05) is 0 Å². The summed E-state index contributed by atoms with van der Waals surface area (Å²) in [6.07, 6.45) is 0. The lowest BCUT2D eigenvalue weighted by Crippen LogP contribution is -2.15. The highest BCUT2D eigenvalue weighted by Crippen LogP contribution is 2.35. The smallest absolute Gasteiger partial charge is 0.205 e. The highest BCUT2D eigenvalue weighted by Gasteiger charge is 2.33. The zero-order valence-corrected chi connectivity index (χ0v) is 10.4. The van der Waals surface area contributed by atoms with E-state index in [2.05, 4.69) is 0 Å². The first-order valence-corrected chi connectivity index (χ1v) is 6.61. The molecule has 0 saturated heterocycles. The second-order valence-corrected chi connectivity index (χ2v) is 5.70. The normalized spacial score (nSPS) is 13.5. The summed E-state index contributed by atoms with van der Waals surface area (Å²) in [6.45, 7) is 1.43. The number of ketones is 3. The summed E-state index contributed by atoms with van der Waals surface area (Å²) in [4.78, 5) is 36.8. The van der Waals surface area contributed by atoms with Crippen LogP contribution in [0, 0.1) is 0 Å². The number of rotatable bonds is 1. The Kier molecular flexibility index (Phi) is 2.14. The van der Waals surface area contributed by atoms with Crippen LogP contribution in [0.1, 0.15) is 47.1 Å². The molecule has 1 aliphatic carbocycles. The van der Waals surface area contributed by atoms with Crippen molar-refractivity contribution in [1.29, 1.82) is 0 Å². The highest BCUT2D eigenvalue weighted by atomic mass is 32.1. The van der Waals surface area contributed by atoms with Gasteiger partial charge in [-0.05, 0) is 24.4 Å². The first kappa shape index (κ1) is 10.6. The zero-order valence-electron chi connectivity index (χ0n) is 8.77. The third kappa shape index (κ3) is 1.36. The maximum absolute atomic E-state index is 12.1. The van der Waals surface area contributed by atoms with Crippen molar-refractivity contribution in [2.75, 3.05) is 0 Å². The molecule has 2 heterocycles. The van der Waals surface area contributed by atoms with Gasteiger partial charge < -0.3 is 0 Å². The third-order valence-electron chi connectivity index (χ3n) is 2.65. The predicted molar refractivity (Wildman–Crippen MR) is 65.5 cm³/mol. The van der Waals surface area contributed by atoms with Gasteiger partial charge >= 0.3 is 0 Å². The third-order valence-corrected chi connectivity index (χ3v) is 4.79. The van der Waals surface area contributed by atoms with E-state index in [1.54, 1.807) is 11.4 Å². The van der Waals surface area contributed by atoms with Gasteiger partial charge in [0.25, 0.3) is 0 Å². The van der Waals surface area contributed by atoms with E-state index in [1.807, 2.05) is 0 Å². The van der Waals surface area contributed by atoms with Gasteiger partial charge in [-0.2, -0.15) is 0 Å². The van der Waals surface area contributed by atoms with Crippen molar-refractivity contribution < 1.29 is 14.4 Å². The summed E-state index contributed by atoms with van der Waals surface area (Å²) < 4.78 is 0. The van der Waals surface area contributed by atoms with E-state index in [0.717, 1.165) is 11.3 Å². The van der Waals surface area contributed by atoms with E-state index in [-0.39, 0.29) is 17.3 Å². The van der Waals surface area contributed by atoms with Crippen molar-refractivity contribution in [3.63, 3.8) is 0 Å². The van der Waals surface area contributed by atoms with Gasteiger partial charge in [-0.3, -0.25) is 14.4 Å². The fourth-order valence-corrected chi connectivity index (χ4v) is 3.66. The van der Waals surface area contributed by atoms with Crippen LogP contribution >= 0.6 is 22.7 Å². The molecular weight excluding hydrogens is 256 g/mol. The molecule has 0 spiro atoms. The van der Waals surface area contributed by atoms with Gasteiger partial charge in [0.15, 0.2) is 5.78 Å². The number of carbonyl (C=O) groups is 3. The van der Waals surface area contributed by atoms with Crippen LogP contribution < -0.4 is 0 Å². The molecule has 0 bridgehead atoms. The van der Waals surface area contributed by atoms with Crippen LogP contribution in [0.2, 0.25) is 0 Å². The number of hydrogen-bond acceptors (Lipinski definition) is 5. The average Bonchev–Trinajstić information content (AvgIpc) is 2.92. The lowest BCUT2D eigenvalue weighted by molar-refractivity contribution is 0.0985. The largest absolute Gasteiger partial charge is 0.294 e. The number of carbonyl (C=O) groups excluding carboxylic acids is 3. The molecule has 0 amide bonds. The molecule has 5 heteroatoms. The molecule has 0 aliphatic heterocycles. The fourth-order valence-electron chi connectivity index (χ4n) is 1.81. The van der Waals surface area contributed by atoms with E-state index in [1.165, 1.54) is 24.3 Å². The van der Waals surface area contributed by atoms with Gasteiger partial charge in [0.1, 0.15) is 0 Å². The molecule has 2 aromatic heterocycles. The van der Waals surface area contributed by atoms with Gasteiger partial charge in [0.2, 0.25) is 11.6 Å². The van der Waals surface area contributed by atoms with Gasteiger partial charge in [0, 0.05) is 11.1 Å². The topological polar surface area (TPSA) is 51.2 Å². The number of hydrogen-bond donors (Lipinski definition) is 0. The lowest BCUT2D eigenvalue weighted by Gasteiger charge is -2.08. The van der Waals surface area contributed by atoms with Crippen LogP contribution in [-0.2, 0) is 0 Å². The maximum Gasteiger partial charge on any atom is 0.205 e. The van der Waals surface area contributed by atoms with Crippen LogP contribution in [0.25, 0.3) is 0 Å². The Balaban J connectivity index is 2.27. The standard InChI is InChI=1S/C12H6O3S2/c1-5(13)8-4-7-10(15)11-6(2-3-16-11)9(14)12(7)17-8/h2-4H,1H3. The minimum atomic E-state index is -0.145. The highest BCUT2D eigenvalue weighted by molar-refractivity contribution is 7.17. The van der Waals surface area contributed by atoms with Crippen molar-refractivity contribution in [2.24, 2.45) is 0 Å². The second kappa shape index (κ2) is 3.45. The molecule has 17 heavy (non-hydrogen) atoms. The Morgan fingerprint density at radius 2 is 1.82 bits per heavy atom. The Labute approximate surface area is 105 Å². The minimum Gasteiger partial charge on any atom is -0.294 e. The monoisotopic (exact) mass is 262 g/mol. The first-order chi connectivity index (χ1) is 8.09. The van der Waals surface area contributed by atoms with E-state index in [9.17, 15) is 14.4 Å². The first-order valence-electron chi connectivity index (χ1n) is 4.91. The molecule has 0 N–H and O–H groups in total. The molecule has 1 aliphatic rings. The average molecular weight is 262 g/mol. The molecular formula is C12H6O3S2. The molecule has 0 aromatic carbocycles. The Bertz CT molecular complexity index is 628. The van der Waals surface area contributed by atoms with Crippen molar-refractivity contribution in [2.45, 2.75) is 6.92 Å². The maximum atomic E-state index is 12.1. The van der Waals surface area contributed by atoms with Crippen molar-refractivity contribution in [1.82, 2.24) is 0 Å². The minimum absolute atomic E-state index is 0.117. The van der Waals surface area contributed by atoms with Crippen LogP contribution in [0.5, 0.6) is 0 Å². The predicted octanol–water partition coefficient (Wildman–Crippen LogP) is 2.79. The van der Waals surface area contributed by atoms with E-state index >= 15 is 0 Å². The molecule has 0 radical (unpaired) electrons. The van der Waals surface area contributed by atoms with Crippen molar-refractivity contribution in [3.05, 3.63) is 43.3 Å². The number of thiophene rings is 2. The van der Waals surface area contributed by atoms with Gasteiger partial charge in [-0.15, -0.1) is 22.7 Å². The Hall–Kier alpha value is -1.59. The van der Waals surface area contributed by atoms with Gasteiger partial charge in [-0.25, -0.2) is 0 Å². The molecule has 0 unspecified atom stereocenters. The van der Waals surface area contributed by atoms with E-state index in [0.29, 0.717) is 25.8 Å². The summed E-state index contributed by atoms with van der Waals surface area (Å²) in [7, 11) is 0. The van der Waals surface area contributed by atoms with Gasteiger partial charge in [0.05, 0.1) is 14.6 Å². The Morgan fingerprint density at radius 3 is 2.53 bits per heavy atom. The molecule has 0 atom stereocenters. The summed E-state index contributed by atoms with van der Waals surface area (Å²) in [5.74, 6) is -0.407. The van der Waals surface area contributed by atoms with Crippen LogP contribution in [0.15, 0.2) is 17.5 Å². The Morgan fingerprint density at radius 1 is 1.12 bits per heavy atom. The summed E-state index contributed by atoms with van der Waals surface area (Å²) >= 11 is 2.37. The molecule has 3 rings (SSSR count). The van der Waals surface area contributed by atoms with Crippen molar-refractivity contribution >= 4 is 40.0 Å². The molecule has 2 aromatic rings.